The van der Waals surface area contributed by atoms with Crippen LogP contribution in [0.15, 0.2) is 18.2 Å². The predicted octanol–water partition coefficient (Wildman–Crippen LogP) is 2.99. The molecule has 0 aromatic heterocycles. The smallest absolute Gasteiger partial charge is 0.138 e. The van der Waals surface area contributed by atoms with Gasteiger partial charge in [0.15, 0.2) is 0 Å². The minimum atomic E-state index is 0.334. The van der Waals surface area contributed by atoms with Crippen molar-refractivity contribution < 1.29 is 4.74 Å². The average Bonchev–Trinajstić information content (AvgIpc) is 2.82. The number of hydrogen-bond donors (Lipinski definition) is 1. The summed E-state index contributed by atoms with van der Waals surface area (Å²) in [6.45, 7) is 0.968. The molecule has 1 aromatic rings. The Labute approximate surface area is 112 Å². The molecule has 0 bridgehead atoms. The van der Waals surface area contributed by atoms with Crippen molar-refractivity contribution in [3.8, 4) is 5.75 Å². The summed E-state index contributed by atoms with van der Waals surface area (Å²) in [6.07, 6.45) is 2.46. The molecule has 0 amide bonds. The molecule has 4 heteroatoms. The van der Waals surface area contributed by atoms with Crippen molar-refractivity contribution in [3.63, 3.8) is 0 Å². The Kier molecular flexibility index (Phi) is 5.01. The van der Waals surface area contributed by atoms with Gasteiger partial charge in [-0.25, -0.2) is 0 Å². The van der Waals surface area contributed by atoms with E-state index in [0.717, 1.165) is 35.9 Å². The highest BCUT2D eigenvalue weighted by Gasteiger charge is 2.18. The SMILES string of the molecule is CNCCc1ccc(OC2CCSC2)c(Cl)c1. The molecule has 0 aliphatic carbocycles. The first-order chi connectivity index (χ1) is 8.29. The van der Waals surface area contributed by atoms with Crippen LogP contribution >= 0.6 is 23.4 Å². The maximum absolute atomic E-state index is 6.23. The molecular weight excluding hydrogens is 254 g/mol. The monoisotopic (exact) mass is 271 g/mol. The molecule has 1 saturated heterocycles. The Bertz CT molecular complexity index is 366. The molecule has 94 valence electrons. The molecule has 1 fully saturated rings. The minimum Gasteiger partial charge on any atom is -0.488 e. The van der Waals surface area contributed by atoms with Crippen molar-refractivity contribution in [3.05, 3.63) is 28.8 Å². The Morgan fingerprint density at radius 3 is 3.06 bits per heavy atom. The third-order valence-electron chi connectivity index (χ3n) is 2.84. The molecule has 2 nitrogen and oxygen atoms in total. The van der Waals surface area contributed by atoms with Crippen LogP contribution in [0.4, 0.5) is 0 Å². The Morgan fingerprint density at radius 2 is 2.41 bits per heavy atom. The van der Waals surface area contributed by atoms with Crippen LogP contribution in [0.3, 0.4) is 0 Å². The number of benzene rings is 1. The van der Waals surface area contributed by atoms with Crippen molar-refractivity contribution in [2.45, 2.75) is 18.9 Å². The van der Waals surface area contributed by atoms with Crippen LogP contribution in [0.25, 0.3) is 0 Å². The molecule has 0 radical (unpaired) electrons. The van der Waals surface area contributed by atoms with Crippen LogP contribution in [0.1, 0.15) is 12.0 Å². The molecule has 1 aliphatic heterocycles. The van der Waals surface area contributed by atoms with Crippen molar-refractivity contribution in [2.75, 3.05) is 25.1 Å². The summed E-state index contributed by atoms with van der Waals surface area (Å²) in [4.78, 5) is 0. The number of nitrogens with one attached hydrogen (secondary N) is 1. The fourth-order valence-electron chi connectivity index (χ4n) is 1.85. The molecule has 1 atom stereocenters. The highest BCUT2D eigenvalue weighted by molar-refractivity contribution is 7.99. The van der Waals surface area contributed by atoms with Crippen LogP contribution in [0, 0.1) is 0 Å². The van der Waals surface area contributed by atoms with E-state index >= 15 is 0 Å². The van der Waals surface area contributed by atoms with E-state index < -0.39 is 0 Å². The predicted molar refractivity (Wildman–Crippen MR) is 75.4 cm³/mol. The molecule has 1 aromatic carbocycles. The lowest BCUT2D eigenvalue weighted by Gasteiger charge is -2.14. The summed E-state index contributed by atoms with van der Waals surface area (Å²) in [7, 11) is 1.96. The highest BCUT2D eigenvalue weighted by atomic mass is 35.5. The van der Waals surface area contributed by atoms with Gasteiger partial charge in [-0.3, -0.25) is 0 Å². The van der Waals surface area contributed by atoms with Crippen LogP contribution < -0.4 is 10.1 Å². The molecule has 1 unspecified atom stereocenters. The highest BCUT2D eigenvalue weighted by Crippen LogP contribution is 2.29. The molecule has 1 N–H and O–H groups in total. The van der Waals surface area contributed by atoms with Crippen molar-refractivity contribution in [1.82, 2.24) is 5.32 Å². The van der Waals surface area contributed by atoms with E-state index in [0.29, 0.717) is 6.10 Å². The number of thioether (sulfide) groups is 1. The molecule has 0 saturated carbocycles. The normalized spacial score (nSPS) is 19.5. The number of ether oxygens (including phenoxy) is 1. The summed E-state index contributed by atoms with van der Waals surface area (Å²) >= 11 is 8.18. The standard InChI is InChI=1S/C13H18ClNOS/c1-15-6-4-10-2-3-13(12(14)8-10)16-11-5-7-17-9-11/h2-3,8,11,15H,4-7,9H2,1H3. The molecule has 2 rings (SSSR count). The van der Waals surface area contributed by atoms with E-state index in [-0.39, 0.29) is 0 Å². The molecule has 1 heterocycles. The largest absolute Gasteiger partial charge is 0.488 e. The van der Waals surface area contributed by atoms with E-state index in [1.165, 1.54) is 11.3 Å². The maximum Gasteiger partial charge on any atom is 0.138 e. The van der Waals surface area contributed by atoms with E-state index in [2.05, 4.69) is 11.4 Å². The van der Waals surface area contributed by atoms with Crippen LogP contribution in [-0.2, 0) is 6.42 Å². The average molecular weight is 272 g/mol. The number of halogens is 1. The number of rotatable bonds is 5. The summed E-state index contributed by atoms with van der Waals surface area (Å²) in [5.41, 5.74) is 1.25. The van der Waals surface area contributed by atoms with Crippen molar-refractivity contribution in [1.29, 1.82) is 0 Å². The molecular formula is C13H18ClNOS. The summed E-state index contributed by atoms with van der Waals surface area (Å²) in [5.74, 6) is 3.10. The fourth-order valence-corrected chi connectivity index (χ4v) is 3.19. The summed E-state index contributed by atoms with van der Waals surface area (Å²) in [6, 6.07) is 6.10. The van der Waals surface area contributed by atoms with Gasteiger partial charge in [-0.15, -0.1) is 0 Å². The Morgan fingerprint density at radius 1 is 1.53 bits per heavy atom. The first-order valence-electron chi connectivity index (χ1n) is 5.97. The first-order valence-corrected chi connectivity index (χ1v) is 7.50. The van der Waals surface area contributed by atoms with Gasteiger partial charge in [0.05, 0.1) is 5.02 Å². The van der Waals surface area contributed by atoms with Crippen molar-refractivity contribution in [2.24, 2.45) is 0 Å². The van der Waals surface area contributed by atoms with E-state index in [1.54, 1.807) is 0 Å². The molecule has 0 spiro atoms. The van der Waals surface area contributed by atoms with E-state index in [9.17, 15) is 0 Å². The number of hydrogen-bond acceptors (Lipinski definition) is 3. The second kappa shape index (κ2) is 6.53. The zero-order valence-corrected chi connectivity index (χ0v) is 11.6. The topological polar surface area (TPSA) is 21.3 Å². The van der Waals surface area contributed by atoms with Crippen LogP contribution in [0.5, 0.6) is 5.75 Å². The van der Waals surface area contributed by atoms with Crippen LogP contribution in [0.2, 0.25) is 5.02 Å². The van der Waals surface area contributed by atoms with Crippen molar-refractivity contribution >= 4 is 23.4 Å². The minimum absolute atomic E-state index is 0.334. The van der Waals surface area contributed by atoms with Gasteiger partial charge >= 0.3 is 0 Å². The third-order valence-corrected chi connectivity index (χ3v) is 4.27. The van der Waals surface area contributed by atoms with E-state index in [4.69, 9.17) is 16.3 Å². The molecule has 17 heavy (non-hydrogen) atoms. The maximum atomic E-state index is 6.23. The van der Waals surface area contributed by atoms with Gasteiger partial charge < -0.3 is 10.1 Å². The Balaban J connectivity index is 1.98. The van der Waals surface area contributed by atoms with E-state index in [1.807, 2.05) is 30.9 Å². The van der Waals surface area contributed by atoms with Crippen LogP contribution in [-0.4, -0.2) is 31.2 Å². The fraction of sp³-hybridized carbons (Fsp3) is 0.538. The lowest BCUT2D eigenvalue weighted by atomic mass is 10.1. The lowest BCUT2D eigenvalue weighted by molar-refractivity contribution is 0.229. The Hall–Kier alpha value is -0.380. The zero-order chi connectivity index (χ0) is 12.1. The van der Waals surface area contributed by atoms with Gasteiger partial charge in [0.1, 0.15) is 11.9 Å². The second-order valence-corrected chi connectivity index (χ2v) is 5.78. The summed E-state index contributed by atoms with van der Waals surface area (Å²) in [5, 5.41) is 3.86. The quantitative estimate of drug-likeness (QED) is 0.890. The first kappa shape index (κ1) is 13.1. The van der Waals surface area contributed by atoms with Gasteiger partial charge in [0, 0.05) is 5.75 Å². The lowest BCUT2D eigenvalue weighted by Crippen LogP contribution is -2.15. The third kappa shape index (κ3) is 3.80. The van der Waals surface area contributed by atoms with Gasteiger partial charge in [-0.2, -0.15) is 11.8 Å². The second-order valence-electron chi connectivity index (χ2n) is 4.22. The van der Waals surface area contributed by atoms with Gasteiger partial charge in [0.2, 0.25) is 0 Å². The zero-order valence-electron chi connectivity index (χ0n) is 10.0. The molecule has 1 aliphatic rings. The van der Waals surface area contributed by atoms with Gasteiger partial charge in [0.25, 0.3) is 0 Å². The summed E-state index contributed by atoms with van der Waals surface area (Å²) < 4.78 is 5.90. The van der Waals surface area contributed by atoms with Gasteiger partial charge in [-0.1, -0.05) is 17.7 Å². The number of likely N-dealkylation sites (N-methyl/N-ethyl adjacent to an activating group) is 1. The van der Waals surface area contributed by atoms with Gasteiger partial charge in [-0.05, 0) is 49.9 Å².